The molecule has 23 heavy (non-hydrogen) atoms. The average Bonchev–Trinajstić information content (AvgIpc) is 3.03. The van der Waals surface area contributed by atoms with Crippen molar-refractivity contribution in [3.8, 4) is 0 Å². The number of nitrogens with zero attached hydrogens (tertiary/aromatic N) is 3. The lowest BCUT2D eigenvalue weighted by molar-refractivity contribution is 0.530. The number of hydrogen-bond donors (Lipinski definition) is 2. The Morgan fingerprint density at radius 3 is 2.65 bits per heavy atom. The lowest BCUT2D eigenvalue weighted by Crippen LogP contribution is -2.38. The third kappa shape index (κ3) is 6.02. The van der Waals surface area contributed by atoms with Gasteiger partial charge in [0, 0.05) is 23.5 Å². The van der Waals surface area contributed by atoms with Crippen LogP contribution in [0, 0.1) is 0 Å². The van der Waals surface area contributed by atoms with Crippen LogP contribution in [0.3, 0.4) is 0 Å². The zero-order valence-corrected chi connectivity index (χ0v) is 16.4. The van der Waals surface area contributed by atoms with Crippen molar-refractivity contribution in [2.45, 2.75) is 32.4 Å². The second kappa shape index (κ2) is 9.77. The van der Waals surface area contributed by atoms with Crippen molar-refractivity contribution in [1.82, 2.24) is 15.1 Å². The summed E-state index contributed by atoms with van der Waals surface area (Å²) in [5, 5.41) is 8.20. The van der Waals surface area contributed by atoms with Gasteiger partial charge in [-0.05, 0) is 37.1 Å². The molecule has 0 aliphatic carbocycles. The van der Waals surface area contributed by atoms with Crippen molar-refractivity contribution >= 4 is 41.5 Å². The fourth-order valence-electron chi connectivity index (χ4n) is 2.08. The van der Waals surface area contributed by atoms with E-state index >= 15 is 0 Å². The van der Waals surface area contributed by atoms with Gasteiger partial charge in [-0.1, -0.05) is 30.7 Å². The monoisotopic (exact) mass is 447 g/mol. The maximum absolute atomic E-state index is 5.96. The molecule has 0 aliphatic rings. The summed E-state index contributed by atoms with van der Waals surface area (Å²) in [7, 11) is 0. The molecule has 1 aromatic heterocycles. The smallest absolute Gasteiger partial charge is 0.188 e. The van der Waals surface area contributed by atoms with Crippen LogP contribution in [0.25, 0.3) is 0 Å². The molecule has 2 aromatic rings. The van der Waals surface area contributed by atoms with Crippen LogP contribution < -0.4 is 11.1 Å². The number of hydrogen-bond acceptors (Lipinski definition) is 2. The van der Waals surface area contributed by atoms with Crippen LogP contribution in [0.1, 0.15) is 31.9 Å². The van der Waals surface area contributed by atoms with Gasteiger partial charge in [0.1, 0.15) is 0 Å². The predicted octanol–water partition coefficient (Wildman–Crippen LogP) is 3.45. The maximum atomic E-state index is 5.96. The number of nitrogens with one attached hydrogen (secondary N) is 1. The van der Waals surface area contributed by atoms with E-state index in [4.69, 9.17) is 17.3 Å². The van der Waals surface area contributed by atoms with Crippen molar-refractivity contribution in [2.75, 3.05) is 6.54 Å². The summed E-state index contributed by atoms with van der Waals surface area (Å²) < 4.78 is 1.88. The minimum Gasteiger partial charge on any atom is -0.370 e. The molecule has 0 amide bonds. The summed E-state index contributed by atoms with van der Waals surface area (Å²) in [4.78, 5) is 4.46. The van der Waals surface area contributed by atoms with E-state index in [0.29, 0.717) is 23.6 Å². The van der Waals surface area contributed by atoms with E-state index in [-0.39, 0.29) is 30.0 Å². The highest BCUT2D eigenvalue weighted by atomic mass is 127. The Morgan fingerprint density at radius 2 is 2.09 bits per heavy atom. The Kier molecular flexibility index (Phi) is 8.40. The van der Waals surface area contributed by atoms with E-state index in [1.165, 1.54) is 0 Å². The molecule has 1 aromatic carbocycles. The van der Waals surface area contributed by atoms with Crippen molar-refractivity contribution in [1.29, 1.82) is 0 Å². The zero-order valence-electron chi connectivity index (χ0n) is 13.3. The number of benzene rings is 1. The molecule has 0 saturated carbocycles. The van der Waals surface area contributed by atoms with Gasteiger partial charge in [0.15, 0.2) is 5.96 Å². The number of halogens is 2. The summed E-state index contributed by atoms with van der Waals surface area (Å²) in [5.41, 5.74) is 7.03. The molecule has 0 radical (unpaired) electrons. The summed E-state index contributed by atoms with van der Waals surface area (Å²) in [6.45, 7) is 4.69. The lowest BCUT2D eigenvalue weighted by Gasteiger charge is -2.17. The predicted molar refractivity (Wildman–Crippen MR) is 107 cm³/mol. The Bertz CT molecular complexity index is 597. The van der Waals surface area contributed by atoms with Crippen molar-refractivity contribution in [3.63, 3.8) is 0 Å². The number of aromatic nitrogens is 2. The SMILES string of the molecule is CCC(C)NC(N)=NCC(c1ccc(Cl)cc1)n1cccn1.I. The minimum absolute atomic E-state index is 0. The normalized spacial score (nSPS) is 14.0. The first-order chi connectivity index (χ1) is 10.6. The second-order valence-corrected chi connectivity index (χ2v) is 5.67. The van der Waals surface area contributed by atoms with Gasteiger partial charge in [-0.25, -0.2) is 0 Å². The molecule has 0 aliphatic heterocycles. The summed E-state index contributed by atoms with van der Waals surface area (Å²) >= 11 is 5.96. The first-order valence-electron chi connectivity index (χ1n) is 7.41. The summed E-state index contributed by atoms with van der Waals surface area (Å²) in [5.74, 6) is 0.459. The van der Waals surface area contributed by atoms with Crippen LogP contribution in [0.15, 0.2) is 47.7 Å². The highest BCUT2D eigenvalue weighted by Crippen LogP contribution is 2.20. The molecule has 7 heteroatoms. The van der Waals surface area contributed by atoms with Gasteiger partial charge in [-0.2, -0.15) is 5.10 Å². The third-order valence-corrected chi connectivity index (χ3v) is 3.79. The fourth-order valence-corrected chi connectivity index (χ4v) is 2.20. The fraction of sp³-hybridized carbons (Fsp3) is 0.375. The zero-order chi connectivity index (χ0) is 15.9. The van der Waals surface area contributed by atoms with E-state index in [2.05, 4.69) is 29.3 Å². The maximum Gasteiger partial charge on any atom is 0.188 e. The molecule has 0 fully saturated rings. The summed E-state index contributed by atoms with van der Waals surface area (Å²) in [6, 6.07) is 9.92. The quantitative estimate of drug-likeness (QED) is 0.405. The van der Waals surface area contributed by atoms with Crippen LogP contribution in [-0.4, -0.2) is 28.3 Å². The second-order valence-electron chi connectivity index (χ2n) is 5.23. The molecule has 2 unspecified atom stereocenters. The van der Waals surface area contributed by atoms with Crippen molar-refractivity contribution in [2.24, 2.45) is 10.7 Å². The number of guanidine groups is 1. The van der Waals surface area contributed by atoms with Gasteiger partial charge >= 0.3 is 0 Å². The minimum atomic E-state index is -0.00968. The summed E-state index contributed by atoms with van der Waals surface area (Å²) in [6.07, 6.45) is 4.68. The van der Waals surface area contributed by atoms with Gasteiger partial charge in [0.2, 0.25) is 0 Å². The Balaban J connectivity index is 0.00000264. The molecular weight excluding hydrogens is 425 g/mol. The van der Waals surface area contributed by atoms with Gasteiger partial charge < -0.3 is 11.1 Å². The van der Waals surface area contributed by atoms with E-state index < -0.39 is 0 Å². The van der Waals surface area contributed by atoms with E-state index in [0.717, 1.165) is 12.0 Å². The van der Waals surface area contributed by atoms with Gasteiger partial charge in [-0.3, -0.25) is 9.67 Å². The number of aliphatic imine (C=N–C) groups is 1. The first kappa shape index (κ1) is 19.8. The molecule has 0 spiro atoms. The molecule has 2 atom stereocenters. The van der Waals surface area contributed by atoms with Crippen LogP contribution in [0.5, 0.6) is 0 Å². The van der Waals surface area contributed by atoms with Crippen LogP contribution in [0.2, 0.25) is 5.02 Å². The topological polar surface area (TPSA) is 68.2 Å². The average molecular weight is 448 g/mol. The molecule has 0 saturated heterocycles. The molecular formula is C16H23ClIN5. The molecule has 2 rings (SSSR count). The Hall–Kier alpha value is -1.28. The standard InChI is InChI=1S/C16H22ClN5.HI/c1-3-12(2)21-16(18)19-11-15(22-10-4-9-20-22)13-5-7-14(17)8-6-13;/h4-10,12,15H,3,11H2,1-2H3,(H3,18,19,21);1H. The third-order valence-electron chi connectivity index (χ3n) is 3.54. The van der Waals surface area contributed by atoms with Crippen LogP contribution in [-0.2, 0) is 0 Å². The first-order valence-corrected chi connectivity index (χ1v) is 7.79. The number of rotatable bonds is 6. The number of nitrogens with two attached hydrogens (primary N) is 1. The van der Waals surface area contributed by atoms with Gasteiger partial charge in [-0.15, -0.1) is 24.0 Å². The Labute approximate surface area is 159 Å². The van der Waals surface area contributed by atoms with Gasteiger partial charge in [0.25, 0.3) is 0 Å². The molecule has 5 nitrogen and oxygen atoms in total. The van der Waals surface area contributed by atoms with Gasteiger partial charge in [0.05, 0.1) is 12.6 Å². The highest BCUT2D eigenvalue weighted by Gasteiger charge is 2.14. The molecule has 3 N–H and O–H groups in total. The van der Waals surface area contributed by atoms with E-state index in [1.54, 1.807) is 6.20 Å². The highest BCUT2D eigenvalue weighted by molar-refractivity contribution is 14.0. The van der Waals surface area contributed by atoms with Crippen LogP contribution in [0.4, 0.5) is 0 Å². The molecule has 1 heterocycles. The Morgan fingerprint density at radius 1 is 1.39 bits per heavy atom. The molecule has 0 bridgehead atoms. The van der Waals surface area contributed by atoms with Crippen LogP contribution >= 0.6 is 35.6 Å². The molecule has 126 valence electrons. The van der Waals surface area contributed by atoms with E-state index in [1.807, 2.05) is 41.2 Å². The van der Waals surface area contributed by atoms with Crippen molar-refractivity contribution < 1.29 is 0 Å². The van der Waals surface area contributed by atoms with Crippen molar-refractivity contribution in [3.05, 3.63) is 53.3 Å². The lowest BCUT2D eigenvalue weighted by atomic mass is 10.1. The largest absolute Gasteiger partial charge is 0.370 e. The van der Waals surface area contributed by atoms with E-state index in [9.17, 15) is 0 Å².